The van der Waals surface area contributed by atoms with Crippen LogP contribution < -0.4 is 11.3 Å². The molecule has 3 heteroatoms. The minimum absolute atomic E-state index is 0.0392. The van der Waals surface area contributed by atoms with Gasteiger partial charge in [0.1, 0.15) is 0 Å². The van der Waals surface area contributed by atoms with Gasteiger partial charge in [0, 0.05) is 24.3 Å². The smallest absolute Gasteiger partial charge is 0.251 e. The summed E-state index contributed by atoms with van der Waals surface area (Å²) in [4.78, 5) is 11.5. The van der Waals surface area contributed by atoms with Gasteiger partial charge in [-0.2, -0.15) is 0 Å². The first-order chi connectivity index (χ1) is 6.20. The molecule has 0 saturated heterocycles. The summed E-state index contributed by atoms with van der Waals surface area (Å²) in [5, 5.41) is 0. The molecule has 3 nitrogen and oxygen atoms in total. The van der Waals surface area contributed by atoms with E-state index < -0.39 is 0 Å². The van der Waals surface area contributed by atoms with E-state index >= 15 is 0 Å². The van der Waals surface area contributed by atoms with E-state index in [1.54, 1.807) is 16.7 Å². The number of hydrogen-bond acceptors (Lipinski definition) is 2. The van der Waals surface area contributed by atoms with Gasteiger partial charge in [-0.05, 0) is 19.4 Å². The first kappa shape index (κ1) is 9.99. The quantitative estimate of drug-likeness (QED) is 0.756. The molecule has 0 aliphatic carbocycles. The molecule has 0 aliphatic rings. The Bertz CT molecular complexity index is 326. The Morgan fingerprint density at radius 3 is 2.69 bits per heavy atom. The van der Waals surface area contributed by atoms with Gasteiger partial charge in [0.15, 0.2) is 0 Å². The van der Waals surface area contributed by atoms with Crippen molar-refractivity contribution >= 4 is 0 Å². The fourth-order valence-electron chi connectivity index (χ4n) is 1.53. The van der Waals surface area contributed by atoms with Crippen molar-refractivity contribution in [3.05, 3.63) is 34.2 Å². The minimum atomic E-state index is 0.0392. The number of hydrogen-bond donors (Lipinski definition) is 1. The molecule has 1 aromatic rings. The molecule has 0 bridgehead atoms. The van der Waals surface area contributed by atoms with E-state index in [2.05, 4.69) is 0 Å². The number of nitrogens with zero attached hydrogens (tertiary/aromatic N) is 1. The summed E-state index contributed by atoms with van der Waals surface area (Å²) in [7, 11) is 0. The van der Waals surface area contributed by atoms with Crippen LogP contribution in [0, 0.1) is 6.92 Å². The molecule has 0 aromatic carbocycles. The van der Waals surface area contributed by atoms with Gasteiger partial charge in [0.05, 0.1) is 0 Å². The predicted molar refractivity (Wildman–Crippen MR) is 53.8 cm³/mol. The Labute approximate surface area is 78.2 Å². The lowest BCUT2D eigenvalue weighted by Gasteiger charge is -2.18. The molecule has 0 amide bonds. The van der Waals surface area contributed by atoms with Crippen LogP contribution in [-0.2, 0) is 0 Å². The van der Waals surface area contributed by atoms with Crippen LogP contribution in [0.15, 0.2) is 23.0 Å². The van der Waals surface area contributed by atoms with Crippen molar-refractivity contribution < 1.29 is 0 Å². The minimum Gasteiger partial charge on any atom is -0.328 e. The van der Waals surface area contributed by atoms with Crippen molar-refractivity contribution in [2.45, 2.75) is 26.3 Å². The highest BCUT2D eigenvalue weighted by atomic mass is 16.1. The van der Waals surface area contributed by atoms with E-state index in [1.807, 2.05) is 19.9 Å². The number of aryl methyl sites for hydroxylation is 1. The average Bonchev–Trinajstić information content (AvgIpc) is 2.11. The summed E-state index contributed by atoms with van der Waals surface area (Å²) in [6.07, 6.45) is 0.890. The zero-order valence-corrected chi connectivity index (χ0v) is 8.16. The number of pyridine rings is 1. The van der Waals surface area contributed by atoms with Crippen LogP contribution >= 0.6 is 0 Å². The highest BCUT2D eigenvalue weighted by Crippen LogP contribution is 2.08. The van der Waals surface area contributed by atoms with Gasteiger partial charge in [0.25, 0.3) is 5.56 Å². The van der Waals surface area contributed by atoms with Crippen molar-refractivity contribution in [3.63, 3.8) is 0 Å². The fourth-order valence-corrected chi connectivity index (χ4v) is 1.53. The lowest BCUT2D eigenvalue weighted by Crippen LogP contribution is -2.30. The number of rotatable bonds is 3. The van der Waals surface area contributed by atoms with Crippen LogP contribution in [0.1, 0.15) is 25.1 Å². The third-order valence-electron chi connectivity index (χ3n) is 2.30. The Balaban J connectivity index is 3.18. The molecule has 0 saturated carbocycles. The van der Waals surface area contributed by atoms with E-state index in [1.165, 1.54) is 0 Å². The van der Waals surface area contributed by atoms with Crippen LogP contribution in [-0.4, -0.2) is 11.1 Å². The maximum atomic E-state index is 11.5. The first-order valence-electron chi connectivity index (χ1n) is 4.59. The molecule has 1 rings (SSSR count). The second-order valence-electron chi connectivity index (χ2n) is 3.17. The fraction of sp³-hybridized carbons (Fsp3) is 0.500. The van der Waals surface area contributed by atoms with Gasteiger partial charge in [-0.1, -0.05) is 13.0 Å². The first-order valence-corrected chi connectivity index (χ1v) is 4.59. The van der Waals surface area contributed by atoms with Crippen molar-refractivity contribution in [3.8, 4) is 0 Å². The molecule has 2 N–H and O–H groups in total. The second kappa shape index (κ2) is 4.23. The van der Waals surface area contributed by atoms with E-state index in [0.717, 1.165) is 12.1 Å². The normalized spacial score (nSPS) is 12.8. The molecule has 13 heavy (non-hydrogen) atoms. The molecule has 72 valence electrons. The van der Waals surface area contributed by atoms with Crippen LogP contribution in [0.5, 0.6) is 0 Å². The molecular weight excluding hydrogens is 164 g/mol. The highest BCUT2D eigenvalue weighted by Gasteiger charge is 2.09. The monoisotopic (exact) mass is 180 g/mol. The Morgan fingerprint density at radius 2 is 2.23 bits per heavy atom. The van der Waals surface area contributed by atoms with Gasteiger partial charge < -0.3 is 10.3 Å². The molecule has 0 fully saturated rings. The second-order valence-corrected chi connectivity index (χ2v) is 3.17. The molecule has 1 unspecified atom stereocenters. The molecule has 0 radical (unpaired) electrons. The van der Waals surface area contributed by atoms with Crippen LogP contribution in [0.3, 0.4) is 0 Å². The summed E-state index contributed by atoms with van der Waals surface area (Å²) in [5.74, 6) is 0. The van der Waals surface area contributed by atoms with Gasteiger partial charge >= 0.3 is 0 Å². The highest BCUT2D eigenvalue weighted by molar-refractivity contribution is 5.06. The molecule has 1 atom stereocenters. The molecule has 0 aliphatic heterocycles. The summed E-state index contributed by atoms with van der Waals surface area (Å²) in [6.45, 7) is 4.48. The molecule has 0 spiro atoms. The van der Waals surface area contributed by atoms with E-state index in [-0.39, 0.29) is 11.6 Å². The SMILES string of the molecule is CCC(CN)n1c(C)cccc1=O. The zero-order valence-electron chi connectivity index (χ0n) is 8.16. The van der Waals surface area contributed by atoms with Crippen LogP contribution in [0.2, 0.25) is 0 Å². The standard InChI is InChI=1S/C10H16N2O/c1-3-9(7-11)12-8(2)5-4-6-10(12)13/h4-6,9H,3,7,11H2,1-2H3. The Hall–Kier alpha value is -1.09. The third kappa shape index (κ3) is 1.98. The Kier molecular flexibility index (Phi) is 3.25. The van der Waals surface area contributed by atoms with Gasteiger partial charge in [-0.3, -0.25) is 4.79 Å². The van der Waals surface area contributed by atoms with Gasteiger partial charge in [0.2, 0.25) is 0 Å². The van der Waals surface area contributed by atoms with E-state index in [4.69, 9.17) is 5.73 Å². The summed E-state index contributed by atoms with van der Waals surface area (Å²) >= 11 is 0. The third-order valence-corrected chi connectivity index (χ3v) is 2.30. The van der Waals surface area contributed by atoms with Gasteiger partial charge in [-0.15, -0.1) is 0 Å². The lowest BCUT2D eigenvalue weighted by molar-refractivity contribution is 0.472. The van der Waals surface area contributed by atoms with Gasteiger partial charge in [-0.25, -0.2) is 0 Å². The van der Waals surface area contributed by atoms with Crippen LogP contribution in [0.25, 0.3) is 0 Å². The van der Waals surface area contributed by atoms with E-state index in [9.17, 15) is 4.79 Å². The zero-order chi connectivity index (χ0) is 9.84. The van der Waals surface area contributed by atoms with Crippen molar-refractivity contribution in [1.82, 2.24) is 4.57 Å². The molecule has 1 heterocycles. The summed E-state index contributed by atoms with van der Waals surface area (Å²) in [5.41, 5.74) is 6.61. The van der Waals surface area contributed by atoms with Crippen molar-refractivity contribution in [2.24, 2.45) is 5.73 Å². The maximum absolute atomic E-state index is 11.5. The van der Waals surface area contributed by atoms with E-state index in [0.29, 0.717) is 6.54 Å². The molecule has 1 aromatic heterocycles. The van der Waals surface area contributed by atoms with Crippen molar-refractivity contribution in [2.75, 3.05) is 6.54 Å². The Morgan fingerprint density at radius 1 is 1.54 bits per heavy atom. The maximum Gasteiger partial charge on any atom is 0.251 e. The number of nitrogens with two attached hydrogens (primary N) is 1. The van der Waals surface area contributed by atoms with Crippen molar-refractivity contribution in [1.29, 1.82) is 0 Å². The van der Waals surface area contributed by atoms with Crippen LogP contribution in [0.4, 0.5) is 0 Å². The predicted octanol–water partition coefficient (Wildman–Crippen LogP) is 1.07. The number of aromatic nitrogens is 1. The topological polar surface area (TPSA) is 48.0 Å². The summed E-state index contributed by atoms with van der Waals surface area (Å²) < 4.78 is 1.76. The molecular formula is C10H16N2O. The largest absolute Gasteiger partial charge is 0.328 e. The average molecular weight is 180 g/mol. The summed E-state index contributed by atoms with van der Waals surface area (Å²) in [6, 6.07) is 5.41. The lowest BCUT2D eigenvalue weighted by atomic mass is 10.2.